The van der Waals surface area contributed by atoms with Gasteiger partial charge >= 0.3 is 0 Å². The molecule has 0 bridgehead atoms. The number of amides is 1. The zero-order chi connectivity index (χ0) is 14.6. The third-order valence-corrected chi connectivity index (χ3v) is 2.52. The monoisotopic (exact) mass is 271 g/mol. The summed E-state index contributed by atoms with van der Waals surface area (Å²) in [5.41, 5.74) is 1.80. The van der Waals surface area contributed by atoms with E-state index in [1.807, 2.05) is 5.43 Å². The number of hydrogen-bond donors (Lipinski definition) is 2. The van der Waals surface area contributed by atoms with Crippen molar-refractivity contribution in [2.45, 2.75) is 26.4 Å². The highest BCUT2D eigenvalue weighted by molar-refractivity contribution is 5.80. The summed E-state index contributed by atoms with van der Waals surface area (Å²) in [6.07, 6.45) is -0.682. The Labute approximate surface area is 108 Å². The molecule has 1 unspecified atom stereocenters. The first-order chi connectivity index (χ1) is 8.90. The van der Waals surface area contributed by atoms with Crippen LogP contribution in [0.2, 0.25) is 0 Å². The Morgan fingerprint density at radius 2 is 2.26 bits per heavy atom. The largest absolute Gasteiger partial charge is 0.477 e. The van der Waals surface area contributed by atoms with E-state index in [9.17, 15) is 19.3 Å². The number of benzene rings is 1. The quantitative estimate of drug-likeness (QED) is 0.362. The number of aryl methyl sites for hydroxylation is 1. The topological polar surface area (TPSA) is 107 Å². The van der Waals surface area contributed by atoms with E-state index in [1.54, 1.807) is 6.92 Å². The Morgan fingerprint density at radius 3 is 2.74 bits per heavy atom. The van der Waals surface area contributed by atoms with Crippen LogP contribution < -0.4 is 16.0 Å². The van der Waals surface area contributed by atoms with Gasteiger partial charge in [-0.3, -0.25) is 20.3 Å². The molecule has 0 aromatic heterocycles. The molecule has 0 fully saturated rings. The van der Waals surface area contributed by atoms with E-state index in [0.717, 1.165) is 6.07 Å². The average Bonchev–Trinajstić information content (AvgIpc) is 2.37. The number of nitro benzene ring substituents is 1. The van der Waals surface area contributed by atoms with Crippen molar-refractivity contribution in [3.05, 3.63) is 33.6 Å². The second-order valence-electron chi connectivity index (χ2n) is 3.85. The van der Waals surface area contributed by atoms with Crippen LogP contribution in [0.25, 0.3) is 0 Å². The van der Waals surface area contributed by atoms with Gasteiger partial charge in [-0.2, -0.15) is 0 Å². The number of hydrogen-bond acceptors (Lipinski definition) is 5. The van der Waals surface area contributed by atoms with E-state index in [4.69, 9.17) is 10.6 Å². The summed E-state index contributed by atoms with van der Waals surface area (Å²) in [5.74, 6) is 3.25. The number of nitro groups is 1. The maximum Gasteiger partial charge on any atom is 0.275 e. The van der Waals surface area contributed by atoms with Crippen molar-refractivity contribution in [1.82, 2.24) is 5.43 Å². The summed E-state index contributed by atoms with van der Waals surface area (Å²) >= 11 is 0. The number of hydrazine groups is 1. The van der Waals surface area contributed by atoms with Crippen molar-refractivity contribution in [3.63, 3.8) is 0 Å². The third-order valence-electron chi connectivity index (χ3n) is 2.52. The number of nitrogens with zero attached hydrogens (tertiary/aromatic N) is 1. The molecule has 0 aliphatic heterocycles. The molecule has 1 amide bonds. The molecule has 3 N–H and O–H groups in total. The lowest BCUT2D eigenvalue weighted by Gasteiger charge is -2.16. The van der Waals surface area contributed by atoms with E-state index in [-0.39, 0.29) is 23.4 Å². The van der Waals surface area contributed by atoms with Crippen LogP contribution in [0.5, 0.6) is 5.75 Å². The summed E-state index contributed by atoms with van der Waals surface area (Å²) in [5, 5.41) is 10.6. The summed E-state index contributed by atoms with van der Waals surface area (Å²) in [6, 6.07) is 1.94. The van der Waals surface area contributed by atoms with Crippen molar-refractivity contribution in [3.8, 4) is 5.75 Å². The van der Waals surface area contributed by atoms with Gasteiger partial charge in [0, 0.05) is 5.56 Å². The van der Waals surface area contributed by atoms with Crippen molar-refractivity contribution in [1.29, 1.82) is 0 Å². The molecule has 8 heteroatoms. The maximum absolute atomic E-state index is 13.7. The second kappa shape index (κ2) is 6.10. The molecule has 1 aromatic rings. The number of carbonyl (C=O) groups excluding carboxylic acids is 1. The molecule has 1 rings (SSSR count). The Hall–Kier alpha value is -2.22. The molecule has 0 saturated heterocycles. The molecule has 7 nitrogen and oxygen atoms in total. The van der Waals surface area contributed by atoms with E-state index in [0.29, 0.717) is 0 Å². The van der Waals surface area contributed by atoms with Gasteiger partial charge in [-0.15, -0.1) is 0 Å². The molecular formula is C11H14FN3O4. The van der Waals surface area contributed by atoms with Gasteiger partial charge in [-0.25, -0.2) is 10.2 Å². The minimum absolute atomic E-state index is 0.224. The first-order valence-electron chi connectivity index (χ1n) is 5.52. The highest BCUT2D eigenvalue weighted by Gasteiger charge is 2.22. The van der Waals surface area contributed by atoms with Gasteiger partial charge in [-0.1, -0.05) is 6.92 Å². The molecule has 0 heterocycles. The molecular weight excluding hydrogens is 257 g/mol. The Kier molecular flexibility index (Phi) is 4.76. The third kappa shape index (κ3) is 3.38. The minimum atomic E-state index is -0.958. The minimum Gasteiger partial charge on any atom is -0.477 e. The fraction of sp³-hybridized carbons (Fsp3) is 0.364. The lowest BCUT2D eigenvalue weighted by Crippen LogP contribution is -2.41. The second-order valence-corrected chi connectivity index (χ2v) is 3.85. The van der Waals surface area contributed by atoms with Crippen LogP contribution in [-0.2, 0) is 4.79 Å². The van der Waals surface area contributed by atoms with Crippen molar-refractivity contribution in [2.24, 2.45) is 5.84 Å². The van der Waals surface area contributed by atoms with E-state index >= 15 is 0 Å². The number of rotatable bonds is 5. The summed E-state index contributed by atoms with van der Waals surface area (Å²) < 4.78 is 18.8. The number of nitrogens with one attached hydrogen (secondary N) is 1. The van der Waals surface area contributed by atoms with E-state index in [1.165, 1.54) is 13.0 Å². The zero-order valence-electron chi connectivity index (χ0n) is 10.5. The smallest absolute Gasteiger partial charge is 0.275 e. The highest BCUT2D eigenvalue weighted by Crippen LogP contribution is 2.27. The molecule has 19 heavy (non-hydrogen) atoms. The lowest BCUT2D eigenvalue weighted by atomic mass is 10.2. The first kappa shape index (κ1) is 14.8. The van der Waals surface area contributed by atoms with Crippen LogP contribution >= 0.6 is 0 Å². The summed E-state index contributed by atoms with van der Waals surface area (Å²) in [7, 11) is 0. The van der Waals surface area contributed by atoms with Gasteiger partial charge in [-0.05, 0) is 19.4 Å². The Morgan fingerprint density at radius 1 is 1.63 bits per heavy atom. The van der Waals surface area contributed by atoms with E-state index in [2.05, 4.69) is 0 Å². The normalized spacial score (nSPS) is 11.8. The van der Waals surface area contributed by atoms with Gasteiger partial charge in [0.2, 0.25) is 0 Å². The molecule has 0 aliphatic carbocycles. The van der Waals surface area contributed by atoms with Crippen LogP contribution in [0.4, 0.5) is 10.1 Å². The molecule has 1 aromatic carbocycles. The van der Waals surface area contributed by atoms with Gasteiger partial charge in [0.05, 0.1) is 11.0 Å². The molecule has 0 spiro atoms. The molecule has 0 aliphatic rings. The summed E-state index contributed by atoms with van der Waals surface area (Å²) in [6.45, 7) is 3.12. The molecule has 104 valence electrons. The van der Waals surface area contributed by atoms with Gasteiger partial charge in [0.15, 0.2) is 17.7 Å². The van der Waals surface area contributed by atoms with Gasteiger partial charge in [0.25, 0.3) is 11.6 Å². The zero-order valence-corrected chi connectivity index (χ0v) is 10.5. The van der Waals surface area contributed by atoms with Gasteiger partial charge < -0.3 is 4.74 Å². The highest BCUT2D eigenvalue weighted by atomic mass is 19.1. The number of ether oxygens (including phenoxy) is 1. The van der Waals surface area contributed by atoms with Crippen molar-refractivity contribution in [2.75, 3.05) is 0 Å². The van der Waals surface area contributed by atoms with Crippen LogP contribution in [0, 0.1) is 22.9 Å². The van der Waals surface area contributed by atoms with Crippen molar-refractivity contribution >= 4 is 11.6 Å². The lowest BCUT2D eigenvalue weighted by molar-refractivity contribution is -0.385. The predicted molar refractivity (Wildman–Crippen MR) is 64.8 cm³/mol. The Bertz CT molecular complexity index is 507. The number of carbonyl (C=O) groups is 1. The van der Waals surface area contributed by atoms with Crippen LogP contribution in [0.1, 0.15) is 18.9 Å². The first-order valence-corrected chi connectivity index (χ1v) is 5.52. The van der Waals surface area contributed by atoms with Crippen molar-refractivity contribution < 1.29 is 18.8 Å². The maximum atomic E-state index is 13.7. The molecule has 1 atom stereocenters. The number of nitrogens with two attached hydrogens (primary N) is 1. The van der Waals surface area contributed by atoms with Crippen LogP contribution in [0.15, 0.2) is 12.1 Å². The number of halogens is 1. The predicted octanol–water partition coefficient (Wildman–Crippen LogP) is 1.19. The van der Waals surface area contributed by atoms with Crippen LogP contribution in [-0.4, -0.2) is 16.9 Å². The fourth-order valence-electron chi connectivity index (χ4n) is 1.50. The van der Waals surface area contributed by atoms with Gasteiger partial charge in [0.1, 0.15) is 0 Å². The van der Waals surface area contributed by atoms with Crippen LogP contribution in [0.3, 0.4) is 0 Å². The van der Waals surface area contributed by atoms with E-state index < -0.39 is 22.8 Å². The SMILES string of the molecule is CCC(Oc1cc(C)c([N+](=O)[O-])cc1F)C(=O)NN. The Balaban J connectivity index is 3.05. The average molecular weight is 271 g/mol. The molecule has 0 saturated carbocycles. The fourth-order valence-corrected chi connectivity index (χ4v) is 1.50. The molecule has 0 radical (unpaired) electrons. The summed E-state index contributed by atoms with van der Waals surface area (Å²) in [4.78, 5) is 21.3. The standard InChI is InChI=1S/C11H14FN3O4/c1-3-9(11(16)14-13)19-10-4-6(2)8(15(17)18)5-7(10)12/h4-5,9H,3,13H2,1-2H3,(H,14,16).